The lowest BCUT2D eigenvalue weighted by Crippen LogP contribution is -2.42. The predicted molar refractivity (Wildman–Crippen MR) is 63.3 cm³/mol. The molecule has 86 valence electrons. The number of aromatic nitrogens is 2. The van der Waals surface area contributed by atoms with Crippen LogP contribution in [0.15, 0.2) is 16.9 Å². The Hall–Kier alpha value is -0.680. The molecule has 0 spiro atoms. The molecule has 5 heteroatoms. The fourth-order valence-corrected chi connectivity index (χ4v) is 2.82. The maximum Gasteiger partial charge on any atom is 0.316 e. The standard InChI is InChI=1S/C11H14BrN3O/c12-7-5-13-11(14-6-7)16-10-3-8-1-2-9(4-10)15-8/h5-6,8-10,15H,1-4H2. The molecule has 3 rings (SSSR count). The van der Waals surface area contributed by atoms with E-state index in [1.54, 1.807) is 12.4 Å². The number of piperidine rings is 1. The van der Waals surface area contributed by atoms with E-state index in [-0.39, 0.29) is 6.10 Å². The third-order valence-electron chi connectivity index (χ3n) is 3.30. The Bertz CT molecular complexity index is 358. The van der Waals surface area contributed by atoms with Gasteiger partial charge in [-0.25, -0.2) is 9.97 Å². The van der Waals surface area contributed by atoms with Crippen LogP contribution >= 0.6 is 15.9 Å². The van der Waals surface area contributed by atoms with Crippen LogP contribution in [0.1, 0.15) is 25.7 Å². The first kappa shape index (κ1) is 10.5. The van der Waals surface area contributed by atoms with Gasteiger partial charge in [-0.05, 0) is 41.6 Å². The molecule has 1 aromatic heterocycles. The van der Waals surface area contributed by atoms with Gasteiger partial charge in [0.25, 0.3) is 0 Å². The van der Waals surface area contributed by atoms with Crippen LogP contribution in [0.4, 0.5) is 0 Å². The van der Waals surface area contributed by atoms with E-state index in [1.165, 1.54) is 12.8 Å². The summed E-state index contributed by atoms with van der Waals surface area (Å²) in [5.74, 6) is 0. The molecule has 0 radical (unpaired) electrons. The van der Waals surface area contributed by atoms with E-state index in [0.717, 1.165) is 17.3 Å². The normalized spacial score (nSPS) is 32.7. The summed E-state index contributed by atoms with van der Waals surface area (Å²) >= 11 is 3.31. The van der Waals surface area contributed by atoms with Crippen LogP contribution in [0.5, 0.6) is 6.01 Å². The number of halogens is 1. The zero-order valence-corrected chi connectivity index (χ0v) is 10.5. The highest BCUT2D eigenvalue weighted by Crippen LogP contribution is 2.28. The van der Waals surface area contributed by atoms with Crippen LogP contribution in [0.25, 0.3) is 0 Å². The number of hydrogen-bond donors (Lipinski definition) is 1. The third-order valence-corrected chi connectivity index (χ3v) is 3.71. The lowest BCUT2D eigenvalue weighted by molar-refractivity contribution is 0.125. The van der Waals surface area contributed by atoms with E-state index in [1.807, 2.05) is 0 Å². The lowest BCUT2D eigenvalue weighted by atomic mass is 10.0. The van der Waals surface area contributed by atoms with Gasteiger partial charge in [-0.3, -0.25) is 0 Å². The van der Waals surface area contributed by atoms with Crippen molar-refractivity contribution >= 4 is 15.9 Å². The Morgan fingerprint density at radius 3 is 2.44 bits per heavy atom. The van der Waals surface area contributed by atoms with E-state index < -0.39 is 0 Å². The molecule has 16 heavy (non-hydrogen) atoms. The van der Waals surface area contributed by atoms with Gasteiger partial charge >= 0.3 is 6.01 Å². The average Bonchev–Trinajstić information content (AvgIpc) is 2.62. The first-order chi connectivity index (χ1) is 7.79. The summed E-state index contributed by atoms with van der Waals surface area (Å²) in [7, 11) is 0. The quantitative estimate of drug-likeness (QED) is 0.901. The van der Waals surface area contributed by atoms with Gasteiger partial charge in [-0.15, -0.1) is 0 Å². The minimum atomic E-state index is 0.278. The van der Waals surface area contributed by atoms with Gasteiger partial charge in [0, 0.05) is 24.5 Å². The Kier molecular flexibility index (Phi) is 2.81. The monoisotopic (exact) mass is 283 g/mol. The van der Waals surface area contributed by atoms with Crippen LogP contribution in [0.3, 0.4) is 0 Å². The van der Waals surface area contributed by atoms with Gasteiger partial charge in [-0.2, -0.15) is 0 Å². The maximum absolute atomic E-state index is 5.81. The Morgan fingerprint density at radius 1 is 1.19 bits per heavy atom. The van der Waals surface area contributed by atoms with Crippen molar-refractivity contribution in [1.82, 2.24) is 15.3 Å². The number of nitrogens with one attached hydrogen (secondary N) is 1. The summed E-state index contributed by atoms with van der Waals surface area (Å²) in [5, 5.41) is 3.59. The number of hydrogen-bond acceptors (Lipinski definition) is 4. The van der Waals surface area contributed by atoms with E-state index >= 15 is 0 Å². The minimum absolute atomic E-state index is 0.278. The van der Waals surface area contributed by atoms with Crippen LogP contribution in [0.2, 0.25) is 0 Å². The van der Waals surface area contributed by atoms with Crippen LogP contribution < -0.4 is 10.1 Å². The number of ether oxygens (including phenoxy) is 1. The summed E-state index contributed by atoms with van der Waals surface area (Å²) in [4.78, 5) is 8.28. The van der Waals surface area contributed by atoms with Crippen molar-refractivity contribution in [2.75, 3.05) is 0 Å². The molecule has 0 saturated carbocycles. The largest absolute Gasteiger partial charge is 0.460 e. The fraction of sp³-hybridized carbons (Fsp3) is 0.636. The third kappa shape index (κ3) is 2.20. The van der Waals surface area contributed by atoms with Crippen LogP contribution in [-0.4, -0.2) is 28.2 Å². The van der Waals surface area contributed by atoms with E-state index in [2.05, 4.69) is 31.2 Å². The number of nitrogens with zero attached hydrogens (tertiary/aromatic N) is 2. The highest BCUT2D eigenvalue weighted by molar-refractivity contribution is 9.10. The molecule has 2 unspecified atom stereocenters. The molecule has 2 aliphatic heterocycles. The van der Waals surface area contributed by atoms with Crippen molar-refractivity contribution in [2.45, 2.75) is 43.9 Å². The van der Waals surface area contributed by atoms with Gasteiger partial charge in [0.1, 0.15) is 6.10 Å². The molecule has 4 nitrogen and oxygen atoms in total. The molecule has 3 heterocycles. The first-order valence-electron chi connectivity index (χ1n) is 5.70. The predicted octanol–water partition coefficient (Wildman–Crippen LogP) is 1.90. The van der Waals surface area contributed by atoms with Crippen LogP contribution in [-0.2, 0) is 0 Å². The topological polar surface area (TPSA) is 47.0 Å². The van der Waals surface area contributed by atoms with E-state index in [9.17, 15) is 0 Å². The lowest BCUT2D eigenvalue weighted by Gasteiger charge is -2.28. The number of fused-ring (bicyclic) bond motifs is 2. The highest BCUT2D eigenvalue weighted by atomic mass is 79.9. The van der Waals surface area contributed by atoms with Gasteiger partial charge in [0.15, 0.2) is 0 Å². The van der Waals surface area contributed by atoms with Gasteiger partial charge in [0.2, 0.25) is 0 Å². The number of rotatable bonds is 2. The SMILES string of the molecule is Brc1cnc(OC2CC3CCC(C2)N3)nc1. The van der Waals surface area contributed by atoms with Crippen molar-refractivity contribution in [2.24, 2.45) is 0 Å². The Morgan fingerprint density at radius 2 is 1.81 bits per heavy atom. The molecule has 0 aromatic carbocycles. The summed E-state index contributed by atoms with van der Waals surface area (Å²) in [6.07, 6.45) is 8.44. The highest BCUT2D eigenvalue weighted by Gasteiger charge is 2.34. The van der Waals surface area contributed by atoms with Crippen molar-refractivity contribution in [1.29, 1.82) is 0 Å². The van der Waals surface area contributed by atoms with Gasteiger partial charge < -0.3 is 10.1 Å². The Balaban J connectivity index is 1.64. The Labute approximate surface area is 103 Å². The molecular weight excluding hydrogens is 270 g/mol. The van der Waals surface area contributed by atoms with Crippen molar-refractivity contribution in [3.8, 4) is 6.01 Å². The molecule has 2 saturated heterocycles. The van der Waals surface area contributed by atoms with E-state index in [4.69, 9.17) is 4.74 Å². The zero-order chi connectivity index (χ0) is 11.0. The summed E-state index contributed by atoms with van der Waals surface area (Å²) < 4.78 is 6.69. The molecule has 2 atom stereocenters. The fourth-order valence-electron chi connectivity index (χ4n) is 2.61. The van der Waals surface area contributed by atoms with Gasteiger partial charge in [0.05, 0.1) is 4.47 Å². The summed E-state index contributed by atoms with van der Waals surface area (Å²) in [6, 6.07) is 1.77. The molecular formula is C11H14BrN3O. The maximum atomic E-state index is 5.81. The molecule has 2 bridgehead atoms. The van der Waals surface area contributed by atoms with E-state index in [0.29, 0.717) is 18.1 Å². The average molecular weight is 284 g/mol. The molecule has 0 amide bonds. The summed E-state index contributed by atoms with van der Waals surface area (Å²) in [6.45, 7) is 0. The first-order valence-corrected chi connectivity index (χ1v) is 6.49. The zero-order valence-electron chi connectivity index (χ0n) is 8.90. The van der Waals surface area contributed by atoms with Crippen molar-refractivity contribution < 1.29 is 4.74 Å². The second-order valence-electron chi connectivity index (χ2n) is 4.53. The van der Waals surface area contributed by atoms with Crippen molar-refractivity contribution in [3.05, 3.63) is 16.9 Å². The van der Waals surface area contributed by atoms with Gasteiger partial charge in [-0.1, -0.05) is 0 Å². The minimum Gasteiger partial charge on any atom is -0.460 e. The molecule has 1 aromatic rings. The van der Waals surface area contributed by atoms with Crippen LogP contribution in [0, 0.1) is 0 Å². The summed E-state index contributed by atoms with van der Waals surface area (Å²) in [5.41, 5.74) is 0. The molecule has 0 aliphatic carbocycles. The molecule has 2 fully saturated rings. The second kappa shape index (κ2) is 4.30. The second-order valence-corrected chi connectivity index (χ2v) is 5.45. The molecule has 1 N–H and O–H groups in total. The smallest absolute Gasteiger partial charge is 0.316 e. The molecule has 2 aliphatic rings. The van der Waals surface area contributed by atoms with Crippen molar-refractivity contribution in [3.63, 3.8) is 0 Å².